The topological polar surface area (TPSA) is 99.4 Å². The Balaban J connectivity index is 2.34. The van der Waals surface area contributed by atoms with E-state index < -0.39 is 6.03 Å². The molecule has 0 aliphatic rings. The summed E-state index contributed by atoms with van der Waals surface area (Å²) in [4.78, 5) is 23.4. The maximum Gasteiger partial charge on any atom is 0.339 e. The van der Waals surface area contributed by atoms with Crippen molar-refractivity contribution < 1.29 is 14.3 Å². The molecule has 1 heterocycles. The van der Waals surface area contributed by atoms with E-state index in [4.69, 9.17) is 17.0 Å². The zero-order valence-corrected chi connectivity index (χ0v) is 14.0. The molecule has 3 amide bonds. The zero-order chi connectivity index (χ0) is 16.0. The number of hydrazine groups is 1. The molecule has 0 radical (unpaired) electrons. The van der Waals surface area contributed by atoms with Crippen molar-refractivity contribution in [2.45, 2.75) is 32.8 Å². The summed E-state index contributed by atoms with van der Waals surface area (Å²) in [6, 6.07) is -0.569. The summed E-state index contributed by atoms with van der Waals surface area (Å²) in [6.07, 6.45) is 0.176. The van der Waals surface area contributed by atoms with E-state index in [1.165, 1.54) is 7.05 Å². The fourth-order valence-corrected chi connectivity index (χ4v) is 2.02. The van der Waals surface area contributed by atoms with Gasteiger partial charge in [0.2, 0.25) is 11.0 Å². The predicted octanol–water partition coefficient (Wildman–Crippen LogP) is 1.90. The molecule has 0 bridgehead atoms. The number of ether oxygens (including phenoxy) is 1. The number of hydrogen-bond acceptors (Lipinski definition) is 6. The number of hydrogen-bond donors (Lipinski definition) is 3. The van der Waals surface area contributed by atoms with E-state index in [0.717, 1.165) is 16.3 Å². The molecule has 118 valence electrons. The molecule has 1 aromatic rings. The average molecular weight is 333 g/mol. The SMILES string of the molecule is CN(NC(=O)Nc1n[nH]c(=S)s1)C(=O)CCOC(C)(C)C. The number of anilines is 1. The lowest BCUT2D eigenvalue weighted by atomic mass is 10.2. The van der Waals surface area contributed by atoms with E-state index in [0.29, 0.717) is 9.09 Å². The third kappa shape index (κ3) is 7.16. The average Bonchev–Trinajstić information content (AvgIpc) is 2.72. The van der Waals surface area contributed by atoms with Crippen LogP contribution < -0.4 is 10.7 Å². The van der Waals surface area contributed by atoms with Crippen LogP contribution in [0.5, 0.6) is 0 Å². The summed E-state index contributed by atoms with van der Waals surface area (Å²) >= 11 is 5.96. The highest BCUT2D eigenvalue weighted by Gasteiger charge is 2.15. The number of nitrogens with zero attached hydrogens (tertiary/aromatic N) is 2. The molecule has 0 aromatic carbocycles. The molecule has 0 aliphatic heterocycles. The number of aromatic amines is 1. The van der Waals surface area contributed by atoms with Gasteiger partial charge < -0.3 is 4.74 Å². The standard InChI is InChI=1S/C11H19N5O3S2/c1-11(2,3)19-6-5-7(17)16(4)15-8(18)12-9-13-14-10(20)21-9/h5-6H2,1-4H3,(H,14,20)(H2,12,13,15,18). The molecule has 3 N–H and O–H groups in total. The quantitative estimate of drug-likeness (QED) is 0.577. The lowest BCUT2D eigenvalue weighted by molar-refractivity contribution is -0.134. The summed E-state index contributed by atoms with van der Waals surface area (Å²) < 4.78 is 5.91. The fourth-order valence-electron chi connectivity index (χ4n) is 1.24. The molecule has 0 saturated heterocycles. The lowest BCUT2D eigenvalue weighted by Crippen LogP contribution is -2.45. The third-order valence-corrected chi connectivity index (χ3v) is 3.16. The number of rotatable bonds is 4. The Kier molecular flexibility index (Phi) is 6.24. The van der Waals surface area contributed by atoms with Crippen LogP contribution in [-0.4, -0.2) is 46.4 Å². The van der Waals surface area contributed by atoms with Gasteiger partial charge >= 0.3 is 6.03 Å². The van der Waals surface area contributed by atoms with E-state index >= 15 is 0 Å². The van der Waals surface area contributed by atoms with Crippen LogP contribution in [0.15, 0.2) is 0 Å². The number of urea groups is 1. The molecule has 0 aliphatic carbocycles. The van der Waals surface area contributed by atoms with E-state index in [1.807, 2.05) is 20.8 Å². The van der Waals surface area contributed by atoms with Crippen molar-refractivity contribution in [3.63, 3.8) is 0 Å². The number of carbonyl (C=O) groups is 2. The monoisotopic (exact) mass is 333 g/mol. The minimum atomic E-state index is -0.569. The van der Waals surface area contributed by atoms with Gasteiger partial charge in [0.05, 0.1) is 18.6 Å². The number of nitrogens with one attached hydrogen (secondary N) is 3. The second kappa shape index (κ2) is 7.48. The maximum atomic E-state index is 11.8. The molecule has 10 heteroatoms. The molecule has 0 saturated carbocycles. The van der Waals surface area contributed by atoms with Gasteiger partial charge in [-0.1, -0.05) is 11.3 Å². The molecule has 0 spiro atoms. The van der Waals surface area contributed by atoms with E-state index in [9.17, 15) is 9.59 Å². The summed E-state index contributed by atoms with van der Waals surface area (Å²) in [5, 5.41) is 10.2. The van der Waals surface area contributed by atoms with Crippen LogP contribution in [0.2, 0.25) is 0 Å². The number of carbonyl (C=O) groups excluding carboxylic acids is 2. The predicted molar refractivity (Wildman–Crippen MR) is 82.5 cm³/mol. The first kappa shape index (κ1) is 17.5. The smallest absolute Gasteiger partial charge is 0.339 e. The van der Waals surface area contributed by atoms with Crippen LogP contribution in [-0.2, 0) is 9.53 Å². The van der Waals surface area contributed by atoms with E-state index in [2.05, 4.69) is 20.9 Å². The molecular formula is C11H19N5O3S2. The second-order valence-electron chi connectivity index (χ2n) is 5.15. The Morgan fingerprint density at radius 1 is 1.48 bits per heavy atom. The molecule has 1 rings (SSSR count). The van der Waals surface area contributed by atoms with Crippen molar-refractivity contribution in [3.8, 4) is 0 Å². The van der Waals surface area contributed by atoms with Gasteiger partial charge in [0.15, 0.2) is 3.95 Å². The van der Waals surface area contributed by atoms with Crippen LogP contribution in [0, 0.1) is 3.95 Å². The van der Waals surface area contributed by atoms with Crippen molar-refractivity contribution in [3.05, 3.63) is 3.95 Å². The summed E-state index contributed by atoms with van der Waals surface area (Å²) in [5.74, 6) is -0.260. The van der Waals surface area contributed by atoms with Crippen LogP contribution >= 0.6 is 23.6 Å². The first-order valence-electron chi connectivity index (χ1n) is 6.21. The zero-order valence-electron chi connectivity index (χ0n) is 12.3. The minimum Gasteiger partial charge on any atom is -0.375 e. The first-order chi connectivity index (χ1) is 9.67. The van der Waals surface area contributed by atoms with Gasteiger partial charge in [0.1, 0.15) is 0 Å². The van der Waals surface area contributed by atoms with Crippen molar-refractivity contribution in [1.29, 1.82) is 0 Å². The number of amides is 3. The van der Waals surface area contributed by atoms with E-state index in [1.54, 1.807) is 0 Å². The third-order valence-electron chi connectivity index (χ3n) is 2.15. The highest BCUT2D eigenvalue weighted by molar-refractivity contribution is 7.73. The minimum absolute atomic E-state index is 0.176. The molecule has 1 aromatic heterocycles. The Morgan fingerprint density at radius 3 is 2.67 bits per heavy atom. The van der Waals surface area contributed by atoms with Gasteiger partial charge in [-0.15, -0.1) is 5.10 Å². The summed E-state index contributed by atoms with van der Waals surface area (Å²) in [6.45, 7) is 6.01. The van der Waals surface area contributed by atoms with Crippen LogP contribution in [0.25, 0.3) is 0 Å². The summed E-state index contributed by atoms with van der Waals surface area (Å²) in [5.41, 5.74) is 2.08. The van der Waals surface area contributed by atoms with E-state index in [-0.39, 0.29) is 24.5 Å². The highest BCUT2D eigenvalue weighted by atomic mass is 32.1. The van der Waals surface area contributed by atoms with Crippen LogP contribution in [0.4, 0.5) is 9.93 Å². The number of aromatic nitrogens is 2. The highest BCUT2D eigenvalue weighted by Crippen LogP contribution is 2.10. The van der Waals surface area contributed by atoms with Gasteiger partial charge in [-0.05, 0) is 33.0 Å². The fraction of sp³-hybridized carbons (Fsp3) is 0.636. The van der Waals surface area contributed by atoms with Gasteiger partial charge in [-0.25, -0.2) is 10.2 Å². The van der Waals surface area contributed by atoms with Crippen molar-refractivity contribution >= 4 is 40.6 Å². The molecule has 8 nitrogen and oxygen atoms in total. The second-order valence-corrected chi connectivity index (χ2v) is 6.81. The van der Waals surface area contributed by atoms with Gasteiger partial charge in [-0.2, -0.15) is 0 Å². The molecule has 0 fully saturated rings. The van der Waals surface area contributed by atoms with Crippen molar-refractivity contribution in [1.82, 2.24) is 20.6 Å². The Labute approximate surface area is 131 Å². The summed E-state index contributed by atoms with van der Waals surface area (Å²) in [7, 11) is 1.46. The van der Waals surface area contributed by atoms with Crippen molar-refractivity contribution in [2.75, 3.05) is 19.0 Å². The van der Waals surface area contributed by atoms with Gasteiger partial charge in [0.25, 0.3) is 0 Å². The Hall–Kier alpha value is -1.52. The molecule has 0 atom stereocenters. The maximum absolute atomic E-state index is 11.8. The van der Waals surface area contributed by atoms with Crippen LogP contribution in [0.3, 0.4) is 0 Å². The van der Waals surface area contributed by atoms with Crippen molar-refractivity contribution in [2.24, 2.45) is 0 Å². The molecular weight excluding hydrogens is 314 g/mol. The van der Waals surface area contributed by atoms with Crippen LogP contribution in [0.1, 0.15) is 27.2 Å². The van der Waals surface area contributed by atoms with Gasteiger partial charge in [-0.3, -0.25) is 20.2 Å². The number of H-pyrrole nitrogens is 1. The van der Waals surface area contributed by atoms with Gasteiger partial charge in [0, 0.05) is 7.05 Å². The molecule has 0 unspecified atom stereocenters. The lowest BCUT2D eigenvalue weighted by Gasteiger charge is -2.21. The Bertz CT molecular complexity index is 549. The largest absolute Gasteiger partial charge is 0.375 e. The molecule has 21 heavy (non-hydrogen) atoms. The normalized spacial score (nSPS) is 11.0. The first-order valence-corrected chi connectivity index (χ1v) is 7.43. The Morgan fingerprint density at radius 2 is 2.14 bits per heavy atom.